The van der Waals surface area contributed by atoms with E-state index in [2.05, 4.69) is 13.5 Å². The highest BCUT2D eigenvalue weighted by molar-refractivity contribution is 6.20. The second-order valence-electron chi connectivity index (χ2n) is 3.64. The molecule has 0 amide bonds. The smallest absolute Gasteiger partial charge is 0.0341 e. The average Bonchev–Trinajstić information content (AvgIpc) is 2.12. The Labute approximate surface area is 68.3 Å². The first-order valence-corrected chi connectivity index (χ1v) is 4.35. The highest BCUT2D eigenvalue weighted by atomic mass is 35.5. The SMILES string of the molecule is C=CCC1(C)CCC(Cl)C1. The molecule has 0 aromatic carbocycles. The summed E-state index contributed by atoms with van der Waals surface area (Å²) in [6.07, 6.45) is 6.75. The third kappa shape index (κ3) is 1.76. The molecule has 0 N–H and O–H groups in total. The first kappa shape index (κ1) is 8.13. The van der Waals surface area contributed by atoms with Gasteiger partial charge >= 0.3 is 0 Å². The minimum atomic E-state index is 0.421. The van der Waals surface area contributed by atoms with Crippen molar-refractivity contribution < 1.29 is 0 Å². The Hall–Kier alpha value is 0.0300. The average molecular weight is 159 g/mol. The number of hydrogen-bond donors (Lipinski definition) is 0. The molecule has 1 rings (SSSR count). The molecule has 1 saturated carbocycles. The monoisotopic (exact) mass is 158 g/mol. The zero-order chi connectivity index (χ0) is 7.61. The molecule has 0 nitrogen and oxygen atoms in total. The Morgan fingerprint density at radius 2 is 2.50 bits per heavy atom. The van der Waals surface area contributed by atoms with Gasteiger partial charge in [0.2, 0.25) is 0 Å². The predicted molar refractivity (Wildman–Crippen MR) is 46.4 cm³/mol. The summed E-state index contributed by atoms with van der Waals surface area (Å²) in [7, 11) is 0. The van der Waals surface area contributed by atoms with E-state index < -0.39 is 0 Å². The van der Waals surface area contributed by atoms with Crippen LogP contribution in [0.3, 0.4) is 0 Å². The van der Waals surface area contributed by atoms with Gasteiger partial charge in [0.1, 0.15) is 0 Å². The van der Waals surface area contributed by atoms with Crippen molar-refractivity contribution in [2.75, 3.05) is 0 Å². The van der Waals surface area contributed by atoms with Crippen molar-refractivity contribution in [3.05, 3.63) is 12.7 Å². The zero-order valence-corrected chi connectivity index (χ0v) is 7.32. The van der Waals surface area contributed by atoms with Crippen molar-refractivity contribution >= 4 is 11.6 Å². The maximum absolute atomic E-state index is 6.00. The highest BCUT2D eigenvalue weighted by Gasteiger charge is 2.32. The third-order valence-corrected chi connectivity index (χ3v) is 2.79. The molecule has 58 valence electrons. The van der Waals surface area contributed by atoms with Crippen molar-refractivity contribution in [2.45, 2.75) is 38.0 Å². The Balaban J connectivity index is 2.45. The molecule has 0 aliphatic heterocycles. The lowest BCUT2D eigenvalue weighted by molar-refractivity contribution is 0.343. The number of hydrogen-bond acceptors (Lipinski definition) is 0. The van der Waals surface area contributed by atoms with Gasteiger partial charge < -0.3 is 0 Å². The quantitative estimate of drug-likeness (QED) is 0.427. The van der Waals surface area contributed by atoms with Crippen LogP contribution in [0.4, 0.5) is 0 Å². The number of alkyl halides is 1. The summed E-state index contributed by atoms with van der Waals surface area (Å²) < 4.78 is 0. The fourth-order valence-corrected chi connectivity index (χ4v) is 2.26. The van der Waals surface area contributed by atoms with Crippen LogP contribution in [0.5, 0.6) is 0 Å². The van der Waals surface area contributed by atoms with Crippen molar-refractivity contribution in [1.82, 2.24) is 0 Å². The summed E-state index contributed by atoms with van der Waals surface area (Å²) in [4.78, 5) is 0. The molecule has 0 radical (unpaired) electrons. The largest absolute Gasteiger partial charge is 0.123 e. The van der Waals surface area contributed by atoms with E-state index in [0.717, 1.165) is 6.42 Å². The van der Waals surface area contributed by atoms with Crippen LogP contribution in [0.25, 0.3) is 0 Å². The van der Waals surface area contributed by atoms with Gasteiger partial charge in [0.25, 0.3) is 0 Å². The highest BCUT2D eigenvalue weighted by Crippen LogP contribution is 2.42. The van der Waals surface area contributed by atoms with Gasteiger partial charge in [-0.05, 0) is 31.1 Å². The molecule has 0 heterocycles. The number of halogens is 1. The maximum atomic E-state index is 6.00. The number of allylic oxidation sites excluding steroid dienone is 1. The minimum Gasteiger partial charge on any atom is -0.123 e. The van der Waals surface area contributed by atoms with Crippen LogP contribution < -0.4 is 0 Å². The normalized spacial score (nSPS) is 40.0. The van der Waals surface area contributed by atoms with E-state index in [1.54, 1.807) is 0 Å². The van der Waals surface area contributed by atoms with Crippen molar-refractivity contribution in [3.8, 4) is 0 Å². The summed E-state index contributed by atoms with van der Waals surface area (Å²) in [6.45, 7) is 6.05. The van der Waals surface area contributed by atoms with Crippen molar-refractivity contribution in [1.29, 1.82) is 0 Å². The lowest BCUT2D eigenvalue weighted by Gasteiger charge is -2.20. The minimum absolute atomic E-state index is 0.421. The molecule has 0 spiro atoms. The first-order chi connectivity index (χ1) is 4.66. The molecule has 2 unspecified atom stereocenters. The second-order valence-corrected chi connectivity index (χ2v) is 4.26. The van der Waals surface area contributed by atoms with E-state index in [4.69, 9.17) is 11.6 Å². The van der Waals surface area contributed by atoms with Crippen molar-refractivity contribution in [3.63, 3.8) is 0 Å². The molecule has 0 saturated heterocycles. The van der Waals surface area contributed by atoms with E-state index in [9.17, 15) is 0 Å². The molecular formula is C9H15Cl. The summed E-state index contributed by atoms with van der Waals surface area (Å²) in [5, 5.41) is 0.421. The van der Waals surface area contributed by atoms with Gasteiger partial charge in [-0.25, -0.2) is 0 Å². The Bertz CT molecular complexity index is 131. The predicted octanol–water partition coefficient (Wildman–Crippen LogP) is 3.36. The van der Waals surface area contributed by atoms with Gasteiger partial charge in [0.15, 0.2) is 0 Å². The van der Waals surface area contributed by atoms with E-state index in [1.165, 1.54) is 19.3 Å². The summed E-state index contributed by atoms with van der Waals surface area (Å²) in [6, 6.07) is 0. The van der Waals surface area contributed by atoms with Crippen LogP contribution >= 0.6 is 11.6 Å². The molecule has 1 aliphatic rings. The lowest BCUT2D eigenvalue weighted by Crippen LogP contribution is -2.09. The summed E-state index contributed by atoms with van der Waals surface area (Å²) >= 11 is 6.00. The van der Waals surface area contributed by atoms with Gasteiger partial charge in [-0.15, -0.1) is 18.2 Å². The Morgan fingerprint density at radius 3 is 2.90 bits per heavy atom. The molecule has 1 fully saturated rings. The molecule has 1 heteroatoms. The lowest BCUT2D eigenvalue weighted by atomic mass is 9.85. The van der Waals surface area contributed by atoms with E-state index in [1.807, 2.05) is 6.08 Å². The first-order valence-electron chi connectivity index (χ1n) is 3.91. The van der Waals surface area contributed by atoms with E-state index >= 15 is 0 Å². The van der Waals surface area contributed by atoms with Crippen LogP contribution in [-0.4, -0.2) is 5.38 Å². The molecule has 0 bridgehead atoms. The van der Waals surface area contributed by atoms with Crippen LogP contribution in [0.1, 0.15) is 32.6 Å². The van der Waals surface area contributed by atoms with E-state index in [-0.39, 0.29) is 0 Å². The Kier molecular flexibility index (Phi) is 2.40. The maximum Gasteiger partial charge on any atom is 0.0341 e. The number of rotatable bonds is 2. The van der Waals surface area contributed by atoms with Crippen molar-refractivity contribution in [2.24, 2.45) is 5.41 Å². The van der Waals surface area contributed by atoms with Crippen LogP contribution in [0.15, 0.2) is 12.7 Å². The van der Waals surface area contributed by atoms with Gasteiger partial charge in [-0.3, -0.25) is 0 Å². The molecule has 10 heavy (non-hydrogen) atoms. The molecular weight excluding hydrogens is 144 g/mol. The fourth-order valence-electron chi connectivity index (χ4n) is 1.78. The zero-order valence-electron chi connectivity index (χ0n) is 6.57. The van der Waals surface area contributed by atoms with Gasteiger partial charge in [0.05, 0.1) is 0 Å². The standard InChI is InChI=1S/C9H15Cl/c1-3-5-9(2)6-4-8(10)7-9/h3,8H,1,4-7H2,2H3. The van der Waals surface area contributed by atoms with Gasteiger partial charge in [-0.2, -0.15) is 0 Å². The molecule has 0 aromatic rings. The summed E-state index contributed by atoms with van der Waals surface area (Å²) in [5.41, 5.74) is 0.466. The second kappa shape index (κ2) is 2.96. The molecule has 1 aliphatic carbocycles. The molecule has 0 aromatic heterocycles. The van der Waals surface area contributed by atoms with Crippen LogP contribution in [0, 0.1) is 5.41 Å². The van der Waals surface area contributed by atoms with Gasteiger partial charge in [0, 0.05) is 5.38 Å². The fraction of sp³-hybridized carbons (Fsp3) is 0.778. The topological polar surface area (TPSA) is 0 Å². The van der Waals surface area contributed by atoms with Crippen LogP contribution in [-0.2, 0) is 0 Å². The van der Waals surface area contributed by atoms with Gasteiger partial charge in [-0.1, -0.05) is 13.0 Å². The third-order valence-electron chi connectivity index (χ3n) is 2.41. The van der Waals surface area contributed by atoms with Crippen LogP contribution in [0.2, 0.25) is 0 Å². The Morgan fingerprint density at radius 1 is 1.80 bits per heavy atom. The van der Waals surface area contributed by atoms with E-state index in [0.29, 0.717) is 10.8 Å². The molecule has 2 atom stereocenters. The summed E-state index contributed by atoms with van der Waals surface area (Å²) in [5.74, 6) is 0.